The van der Waals surface area contributed by atoms with Crippen molar-refractivity contribution in [1.82, 2.24) is 0 Å². The van der Waals surface area contributed by atoms with E-state index in [1.165, 1.54) is 11.3 Å². The highest BCUT2D eigenvalue weighted by Crippen LogP contribution is 2.14. The maximum atomic E-state index is 8.68. The number of hydrogen-bond donors (Lipinski definition) is 1. The molecule has 1 heterocycles. The maximum Gasteiger partial charge on any atom is 0.0774 e. The number of rotatable bonds is 1. The second-order valence-electron chi connectivity index (χ2n) is 1.80. The van der Waals surface area contributed by atoms with Crippen molar-refractivity contribution in [2.24, 2.45) is 0 Å². The summed E-state index contributed by atoms with van der Waals surface area (Å²) in [6.45, 7) is 1.92. The summed E-state index contributed by atoms with van der Waals surface area (Å²) in [6, 6.07) is 3.82. The Hall–Kier alpha value is -0.780. The summed E-state index contributed by atoms with van der Waals surface area (Å²) < 4.78 is 0. The molecule has 1 aromatic rings. The van der Waals surface area contributed by atoms with Gasteiger partial charge in [-0.3, -0.25) is 0 Å². The summed E-state index contributed by atoms with van der Waals surface area (Å²) in [5.74, 6) is 5.72. The zero-order valence-corrected chi connectivity index (χ0v) is 6.53. The number of aliphatic hydroxyl groups is 1. The van der Waals surface area contributed by atoms with Gasteiger partial charge in [0.05, 0.1) is 11.5 Å². The smallest absolute Gasteiger partial charge is 0.0774 e. The summed E-state index contributed by atoms with van der Waals surface area (Å²) >= 11 is 1.53. The highest BCUT2D eigenvalue weighted by atomic mass is 32.1. The minimum Gasteiger partial charge on any atom is -0.391 e. The molecule has 0 bridgehead atoms. The maximum absolute atomic E-state index is 8.68. The lowest BCUT2D eigenvalue weighted by Gasteiger charge is -1.80. The van der Waals surface area contributed by atoms with Crippen LogP contribution in [0.2, 0.25) is 0 Å². The molecule has 0 aliphatic rings. The van der Waals surface area contributed by atoms with Crippen molar-refractivity contribution in [1.29, 1.82) is 0 Å². The topological polar surface area (TPSA) is 20.2 Å². The van der Waals surface area contributed by atoms with E-state index < -0.39 is 0 Å². The lowest BCUT2D eigenvalue weighted by molar-refractivity contribution is 0.285. The van der Waals surface area contributed by atoms with Gasteiger partial charge in [-0.25, -0.2) is 0 Å². The lowest BCUT2D eigenvalue weighted by atomic mass is 10.4. The molecule has 0 atom stereocenters. The molecule has 0 spiro atoms. The SMILES string of the molecule is CC#Cc1ccc(CO)s1. The average molecular weight is 152 g/mol. The molecule has 1 rings (SSSR count). The van der Waals surface area contributed by atoms with Crippen molar-refractivity contribution in [3.05, 3.63) is 21.9 Å². The Morgan fingerprint density at radius 1 is 1.60 bits per heavy atom. The Labute approximate surface area is 64.3 Å². The minimum atomic E-state index is 0.121. The molecular weight excluding hydrogens is 144 g/mol. The molecule has 2 heteroatoms. The van der Waals surface area contributed by atoms with E-state index in [1.54, 1.807) is 6.92 Å². The molecule has 10 heavy (non-hydrogen) atoms. The van der Waals surface area contributed by atoms with Crippen molar-refractivity contribution in [3.63, 3.8) is 0 Å². The van der Waals surface area contributed by atoms with Gasteiger partial charge in [-0.2, -0.15) is 0 Å². The van der Waals surface area contributed by atoms with Gasteiger partial charge in [0.25, 0.3) is 0 Å². The van der Waals surface area contributed by atoms with Crippen LogP contribution in [0.15, 0.2) is 12.1 Å². The van der Waals surface area contributed by atoms with Crippen LogP contribution in [0.5, 0.6) is 0 Å². The fourth-order valence-electron chi connectivity index (χ4n) is 0.653. The Balaban J connectivity index is 2.84. The first-order chi connectivity index (χ1) is 4.86. The summed E-state index contributed by atoms with van der Waals surface area (Å²) in [6.07, 6.45) is 0. The third-order valence-corrected chi connectivity index (χ3v) is 2.05. The third kappa shape index (κ3) is 1.60. The zero-order valence-electron chi connectivity index (χ0n) is 5.72. The number of thiophene rings is 1. The van der Waals surface area contributed by atoms with E-state index in [2.05, 4.69) is 11.8 Å². The largest absolute Gasteiger partial charge is 0.391 e. The van der Waals surface area contributed by atoms with Crippen LogP contribution in [0.4, 0.5) is 0 Å². The van der Waals surface area contributed by atoms with Crippen LogP contribution in [-0.4, -0.2) is 5.11 Å². The molecule has 0 saturated heterocycles. The van der Waals surface area contributed by atoms with Gasteiger partial charge in [-0.15, -0.1) is 17.3 Å². The second-order valence-corrected chi connectivity index (χ2v) is 2.97. The molecular formula is C8H8OS. The molecule has 1 aromatic heterocycles. The molecule has 0 aliphatic heterocycles. The molecule has 0 radical (unpaired) electrons. The molecule has 1 N–H and O–H groups in total. The molecule has 0 aromatic carbocycles. The summed E-state index contributed by atoms with van der Waals surface area (Å²) in [4.78, 5) is 1.99. The normalized spacial score (nSPS) is 8.60. The average Bonchev–Trinajstić information content (AvgIpc) is 2.37. The molecule has 0 unspecified atom stereocenters. The van der Waals surface area contributed by atoms with E-state index in [-0.39, 0.29) is 6.61 Å². The lowest BCUT2D eigenvalue weighted by Crippen LogP contribution is -1.69. The molecule has 0 amide bonds. The van der Waals surface area contributed by atoms with Crippen LogP contribution in [0.25, 0.3) is 0 Å². The summed E-state index contributed by atoms with van der Waals surface area (Å²) in [5, 5.41) is 8.68. The van der Waals surface area contributed by atoms with Gasteiger partial charge in [-0.05, 0) is 19.1 Å². The fourth-order valence-corrected chi connectivity index (χ4v) is 1.43. The fraction of sp³-hybridized carbons (Fsp3) is 0.250. The Bertz CT molecular complexity index is 264. The first-order valence-corrected chi connectivity index (χ1v) is 3.81. The third-order valence-electron chi connectivity index (χ3n) is 1.07. The van der Waals surface area contributed by atoms with E-state index >= 15 is 0 Å². The van der Waals surface area contributed by atoms with Crippen molar-refractivity contribution in [2.75, 3.05) is 0 Å². The van der Waals surface area contributed by atoms with Gasteiger partial charge in [0.2, 0.25) is 0 Å². The van der Waals surface area contributed by atoms with Gasteiger partial charge < -0.3 is 5.11 Å². The van der Waals surface area contributed by atoms with E-state index in [0.717, 1.165) is 9.75 Å². The highest BCUT2D eigenvalue weighted by Gasteiger charge is 1.93. The first-order valence-electron chi connectivity index (χ1n) is 2.99. The van der Waals surface area contributed by atoms with Crippen LogP contribution in [0.1, 0.15) is 16.7 Å². The molecule has 0 fully saturated rings. The molecule has 1 nitrogen and oxygen atoms in total. The van der Waals surface area contributed by atoms with Crippen LogP contribution in [0.3, 0.4) is 0 Å². The van der Waals surface area contributed by atoms with Crippen molar-refractivity contribution in [3.8, 4) is 11.8 Å². The van der Waals surface area contributed by atoms with Gasteiger partial charge >= 0.3 is 0 Å². The standard InChI is InChI=1S/C8H8OS/c1-2-3-7-4-5-8(6-9)10-7/h4-5,9H,6H2,1H3. The first kappa shape index (κ1) is 7.33. The zero-order chi connectivity index (χ0) is 7.40. The molecule has 52 valence electrons. The van der Waals surface area contributed by atoms with Gasteiger partial charge in [0.15, 0.2) is 0 Å². The number of aliphatic hydroxyl groups excluding tert-OH is 1. The van der Waals surface area contributed by atoms with Crippen LogP contribution in [-0.2, 0) is 6.61 Å². The second kappa shape index (κ2) is 3.40. The van der Waals surface area contributed by atoms with E-state index in [0.29, 0.717) is 0 Å². The van der Waals surface area contributed by atoms with Gasteiger partial charge in [0, 0.05) is 4.88 Å². The quantitative estimate of drug-likeness (QED) is 0.606. The van der Waals surface area contributed by atoms with E-state index in [1.807, 2.05) is 12.1 Å². The van der Waals surface area contributed by atoms with Crippen LogP contribution >= 0.6 is 11.3 Å². The highest BCUT2D eigenvalue weighted by molar-refractivity contribution is 7.12. The van der Waals surface area contributed by atoms with Crippen molar-refractivity contribution >= 4 is 11.3 Å². The Kier molecular flexibility index (Phi) is 2.49. The van der Waals surface area contributed by atoms with Crippen LogP contribution in [0, 0.1) is 11.8 Å². The summed E-state index contributed by atoms with van der Waals surface area (Å²) in [5.41, 5.74) is 0. The Morgan fingerprint density at radius 2 is 2.40 bits per heavy atom. The molecule has 0 saturated carbocycles. The van der Waals surface area contributed by atoms with Crippen molar-refractivity contribution in [2.45, 2.75) is 13.5 Å². The minimum absolute atomic E-state index is 0.121. The summed E-state index contributed by atoms with van der Waals surface area (Å²) in [7, 11) is 0. The monoisotopic (exact) mass is 152 g/mol. The van der Waals surface area contributed by atoms with Gasteiger partial charge in [0.1, 0.15) is 0 Å². The van der Waals surface area contributed by atoms with E-state index in [4.69, 9.17) is 5.11 Å². The molecule has 0 aliphatic carbocycles. The van der Waals surface area contributed by atoms with Crippen molar-refractivity contribution < 1.29 is 5.11 Å². The van der Waals surface area contributed by atoms with Gasteiger partial charge in [-0.1, -0.05) is 5.92 Å². The van der Waals surface area contributed by atoms with E-state index in [9.17, 15) is 0 Å². The number of hydrogen-bond acceptors (Lipinski definition) is 2. The Morgan fingerprint density at radius 3 is 2.90 bits per heavy atom. The predicted octanol–water partition coefficient (Wildman–Crippen LogP) is 1.61. The van der Waals surface area contributed by atoms with Crippen LogP contribution < -0.4 is 0 Å². The predicted molar refractivity (Wildman–Crippen MR) is 42.8 cm³/mol.